The molecule has 0 radical (unpaired) electrons. The monoisotopic (exact) mass is 438 g/mol. The van der Waals surface area contributed by atoms with Crippen LogP contribution in [0.5, 0.6) is 0 Å². The first kappa shape index (κ1) is 20.7. The summed E-state index contributed by atoms with van der Waals surface area (Å²) < 4.78 is 18.0. The van der Waals surface area contributed by atoms with Gasteiger partial charge in [-0.2, -0.15) is 0 Å². The van der Waals surface area contributed by atoms with Crippen LogP contribution in [0.25, 0.3) is 0 Å². The number of hydrogen-bond donors (Lipinski definition) is 1. The van der Waals surface area contributed by atoms with Crippen molar-refractivity contribution in [2.24, 2.45) is 17.8 Å². The lowest BCUT2D eigenvalue weighted by molar-refractivity contribution is -0.582. The Morgan fingerprint density at radius 1 is 1.23 bits per heavy atom. The molecular formula is C22H27ClO7. The number of benzene rings is 1. The molecule has 5 fully saturated rings. The molecule has 8 heteroatoms. The summed E-state index contributed by atoms with van der Waals surface area (Å²) in [4.78, 5) is 24.5. The minimum atomic E-state index is -1.49. The summed E-state index contributed by atoms with van der Waals surface area (Å²) in [6, 6.07) is 6.46. The molecule has 1 aromatic rings. The maximum absolute atomic E-state index is 12.8. The van der Waals surface area contributed by atoms with Crippen molar-refractivity contribution in [3.05, 3.63) is 34.9 Å². The van der Waals surface area contributed by atoms with Gasteiger partial charge in [-0.25, -0.2) is 14.6 Å². The third-order valence-electron chi connectivity index (χ3n) is 7.42. The van der Waals surface area contributed by atoms with E-state index in [4.69, 9.17) is 35.6 Å². The minimum absolute atomic E-state index is 0.0987. The van der Waals surface area contributed by atoms with Gasteiger partial charge < -0.3 is 19.3 Å². The molecule has 1 spiro atoms. The van der Waals surface area contributed by atoms with E-state index in [-0.39, 0.29) is 17.4 Å². The van der Waals surface area contributed by atoms with Crippen molar-refractivity contribution in [1.82, 2.24) is 0 Å². The molecule has 0 amide bonds. The molecule has 2 bridgehead atoms. The minimum Gasteiger partial charge on any atom is -0.429 e. The van der Waals surface area contributed by atoms with E-state index in [1.54, 1.807) is 25.1 Å². The maximum atomic E-state index is 12.8. The third-order valence-corrected chi connectivity index (χ3v) is 7.66. The highest BCUT2D eigenvalue weighted by molar-refractivity contribution is 6.30. The van der Waals surface area contributed by atoms with Gasteiger partial charge in [0.05, 0.1) is 5.56 Å². The van der Waals surface area contributed by atoms with E-state index in [1.807, 2.05) is 6.92 Å². The third kappa shape index (κ3) is 2.94. The van der Waals surface area contributed by atoms with Crippen LogP contribution in [-0.4, -0.2) is 40.6 Å². The molecule has 8 unspecified atom stereocenters. The molecular weight excluding hydrogens is 412 g/mol. The highest BCUT2D eigenvalue weighted by Gasteiger charge is 2.73. The maximum Gasteiger partial charge on any atom is 0.340 e. The Morgan fingerprint density at radius 2 is 2.03 bits per heavy atom. The van der Waals surface area contributed by atoms with Crippen LogP contribution in [-0.2, 0) is 24.0 Å². The van der Waals surface area contributed by atoms with Crippen molar-refractivity contribution in [2.45, 2.75) is 76.0 Å². The van der Waals surface area contributed by atoms with E-state index in [2.05, 4.69) is 6.92 Å². The molecule has 6 rings (SSSR count). The number of ether oxygens (including phenoxy) is 3. The van der Waals surface area contributed by atoms with Gasteiger partial charge in [0.25, 0.3) is 0 Å². The van der Waals surface area contributed by atoms with Crippen LogP contribution in [0.1, 0.15) is 56.8 Å². The normalized spacial score (nSPS) is 47.3. The van der Waals surface area contributed by atoms with Crippen LogP contribution < -0.4 is 0 Å². The Balaban J connectivity index is 1.49. The van der Waals surface area contributed by atoms with Gasteiger partial charge in [-0.1, -0.05) is 24.6 Å². The van der Waals surface area contributed by atoms with Crippen molar-refractivity contribution >= 4 is 17.6 Å². The Morgan fingerprint density at radius 3 is 2.80 bits per heavy atom. The van der Waals surface area contributed by atoms with Gasteiger partial charge in [0.2, 0.25) is 12.1 Å². The molecule has 8 atom stereocenters. The van der Waals surface area contributed by atoms with Crippen molar-refractivity contribution in [3.8, 4) is 0 Å². The first-order chi connectivity index (χ1) is 14.2. The zero-order valence-corrected chi connectivity index (χ0v) is 18.1. The van der Waals surface area contributed by atoms with Crippen LogP contribution >= 0.6 is 11.6 Å². The fourth-order valence-electron chi connectivity index (χ4n) is 5.81. The van der Waals surface area contributed by atoms with E-state index in [0.717, 1.165) is 12.8 Å². The first-order valence-electron chi connectivity index (χ1n) is 10.5. The molecule has 0 aromatic heterocycles. The van der Waals surface area contributed by atoms with Gasteiger partial charge >= 0.3 is 5.97 Å². The second-order valence-corrected chi connectivity index (χ2v) is 9.90. The van der Waals surface area contributed by atoms with Gasteiger partial charge in [0.15, 0.2) is 11.9 Å². The summed E-state index contributed by atoms with van der Waals surface area (Å²) in [5, 5.41) is 12.0. The predicted octanol–water partition coefficient (Wildman–Crippen LogP) is 3.82. The Hall–Kier alpha value is -1.22. The largest absolute Gasteiger partial charge is 0.429 e. The number of rotatable bonds is 2. The SMILES string of the molecule is CC1CCC2C(C)(O)C(OC(=O)c3cccc(Cl)c3)OC3OC4(C)CCC1C32OO4. The number of hydrogen-bond acceptors (Lipinski definition) is 7. The Labute approximate surface area is 180 Å². The summed E-state index contributed by atoms with van der Waals surface area (Å²) in [7, 11) is 0. The van der Waals surface area contributed by atoms with E-state index >= 15 is 0 Å². The fraction of sp³-hybridized carbons (Fsp3) is 0.682. The number of esters is 1. The van der Waals surface area contributed by atoms with Crippen molar-refractivity contribution in [1.29, 1.82) is 0 Å². The highest BCUT2D eigenvalue weighted by Crippen LogP contribution is 2.61. The quantitative estimate of drug-likeness (QED) is 0.555. The summed E-state index contributed by atoms with van der Waals surface area (Å²) in [6.07, 6.45) is 1.08. The van der Waals surface area contributed by atoms with Gasteiger partial charge in [0, 0.05) is 17.4 Å². The first-order valence-corrected chi connectivity index (χ1v) is 10.9. The van der Waals surface area contributed by atoms with E-state index in [0.29, 0.717) is 23.8 Å². The van der Waals surface area contributed by atoms with Gasteiger partial charge in [0.1, 0.15) is 5.60 Å². The summed E-state index contributed by atoms with van der Waals surface area (Å²) >= 11 is 6.00. The van der Waals surface area contributed by atoms with Crippen LogP contribution in [0, 0.1) is 17.8 Å². The molecule has 4 heterocycles. The van der Waals surface area contributed by atoms with E-state index in [1.165, 1.54) is 6.07 Å². The molecule has 4 saturated heterocycles. The smallest absolute Gasteiger partial charge is 0.340 e. The van der Waals surface area contributed by atoms with E-state index in [9.17, 15) is 9.90 Å². The average Bonchev–Trinajstić information content (AvgIpc) is 2.92. The zero-order chi connectivity index (χ0) is 21.3. The molecule has 1 aromatic carbocycles. The molecule has 4 aliphatic heterocycles. The standard InChI is InChI=1S/C22H27ClO7/c1-12-7-8-16-21(3,25)18(26-17(24)13-5-4-6-14(23)11-13)27-19-22(16)15(12)9-10-20(2,28-19)29-30-22/h4-6,11-12,15-16,18-19,25H,7-10H2,1-3H3. The second kappa shape index (κ2) is 6.89. The average molecular weight is 439 g/mol. The molecule has 1 N–H and O–H groups in total. The Kier molecular flexibility index (Phi) is 4.75. The number of halogens is 1. The predicted molar refractivity (Wildman–Crippen MR) is 105 cm³/mol. The highest BCUT2D eigenvalue weighted by atomic mass is 35.5. The summed E-state index contributed by atoms with van der Waals surface area (Å²) in [5.74, 6) is -1.49. The van der Waals surface area contributed by atoms with Crippen molar-refractivity contribution in [3.63, 3.8) is 0 Å². The van der Waals surface area contributed by atoms with Crippen LogP contribution in [0.4, 0.5) is 0 Å². The van der Waals surface area contributed by atoms with Crippen LogP contribution in [0.3, 0.4) is 0 Å². The molecule has 5 aliphatic rings. The lowest BCUT2D eigenvalue weighted by Gasteiger charge is -2.62. The molecule has 1 aliphatic carbocycles. The lowest BCUT2D eigenvalue weighted by Crippen LogP contribution is -2.75. The van der Waals surface area contributed by atoms with Crippen LogP contribution in [0.15, 0.2) is 24.3 Å². The molecule has 164 valence electrons. The number of aliphatic hydroxyl groups is 1. The molecule has 7 nitrogen and oxygen atoms in total. The van der Waals surface area contributed by atoms with Gasteiger partial charge in [-0.15, -0.1) is 0 Å². The number of fused-ring (bicyclic) bond motifs is 2. The lowest BCUT2D eigenvalue weighted by atomic mass is 9.57. The second-order valence-electron chi connectivity index (χ2n) is 9.47. The van der Waals surface area contributed by atoms with Crippen molar-refractivity contribution in [2.75, 3.05) is 0 Å². The zero-order valence-electron chi connectivity index (χ0n) is 17.3. The molecule has 1 saturated carbocycles. The summed E-state index contributed by atoms with van der Waals surface area (Å²) in [5.41, 5.74) is -2.16. The van der Waals surface area contributed by atoms with Gasteiger partial charge in [-0.05, 0) is 63.1 Å². The molecule has 30 heavy (non-hydrogen) atoms. The summed E-state index contributed by atoms with van der Waals surface area (Å²) in [6.45, 7) is 5.64. The number of carbonyl (C=O) groups excluding carboxylic acids is 1. The Bertz CT molecular complexity index is 860. The van der Waals surface area contributed by atoms with Crippen LogP contribution in [0.2, 0.25) is 5.02 Å². The van der Waals surface area contributed by atoms with Crippen molar-refractivity contribution < 1.29 is 33.9 Å². The topological polar surface area (TPSA) is 83.5 Å². The number of carbonyl (C=O) groups is 1. The van der Waals surface area contributed by atoms with E-state index < -0.39 is 35.5 Å². The van der Waals surface area contributed by atoms with Gasteiger partial charge in [-0.3, -0.25) is 0 Å². The fourth-order valence-corrected chi connectivity index (χ4v) is 6.00.